The van der Waals surface area contributed by atoms with Crippen molar-refractivity contribution < 1.29 is 28.5 Å². The number of carbonyl (C=O) groups excluding carboxylic acids is 2. The summed E-state index contributed by atoms with van der Waals surface area (Å²) < 4.78 is 21.5. The fourth-order valence-corrected chi connectivity index (χ4v) is 17.5. The first-order valence-electron chi connectivity index (χ1n) is 31.5. The summed E-state index contributed by atoms with van der Waals surface area (Å²) in [5.74, 6) is 6.21. The lowest BCUT2D eigenvalue weighted by atomic mass is 9.42. The zero-order valence-corrected chi connectivity index (χ0v) is 51.7. The molecule has 0 unspecified atom stereocenters. The third kappa shape index (κ3) is 12.1. The molecule has 0 atom stereocenters. The Morgan fingerprint density at radius 1 is 0.325 bits per heavy atom. The summed E-state index contributed by atoms with van der Waals surface area (Å²) in [4.78, 5) is 28.0. The molecule has 6 aliphatic carbocycles. The molecule has 0 saturated heterocycles. The molecule has 4 aromatic rings. The molecule has 80 heavy (non-hydrogen) atoms. The largest absolute Gasteiger partial charge is 0.494 e. The number of ketones is 2. The summed E-state index contributed by atoms with van der Waals surface area (Å²) >= 11 is 29.0. The molecule has 6 saturated carbocycles. The van der Waals surface area contributed by atoms with Crippen LogP contribution in [0.1, 0.15) is 241 Å². The monoisotopic (exact) mass is 1170 g/mol. The Morgan fingerprint density at radius 3 is 0.713 bits per heavy atom. The molecule has 0 aromatic heterocycles. The van der Waals surface area contributed by atoms with Gasteiger partial charge in [0.1, 0.15) is 31.7 Å². The molecule has 436 valence electrons. The summed E-state index contributed by atoms with van der Waals surface area (Å²) in [7, 11) is 0. The number of hydrogen-bond donors (Lipinski definition) is 0. The van der Waals surface area contributed by atoms with Crippen LogP contribution in [0, 0.1) is 21.7 Å². The molecule has 0 N–H and O–H groups in total. The highest BCUT2D eigenvalue weighted by atomic mass is 35.5. The molecule has 6 aliphatic rings. The Morgan fingerprint density at radius 2 is 0.525 bits per heavy atom. The summed E-state index contributed by atoms with van der Waals surface area (Å²) in [6.07, 6.45) is 25.3. The van der Waals surface area contributed by atoms with E-state index in [2.05, 4.69) is 125 Å². The van der Waals surface area contributed by atoms with Gasteiger partial charge in [0.05, 0.1) is 48.1 Å². The molecule has 4 spiro atoms. The second-order valence-electron chi connectivity index (χ2n) is 25.0. The van der Waals surface area contributed by atoms with E-state index in [-0.39, 0.29) is 0 Å². The predicted molar refractivity (Wildman–Crippen MR) is 330 cm³/mol. The van der Waals surface area contributed by atoms with E-state index in [4.69, 9.17) is 65.4 Å². The number of benzene rings is 4. The molecule has 0 aliphatic heterocycles. The zero-order chi connectivity index (χ0) is 56.4. The fraction of sp³-hybridized carbons (Fsp3) is 0.629. The maximum atomic E-state index is 14.0. The van der Waals surface area contributed by atoms with E-state index in [1.165, 1.54) is 47.9 Å². The molecule has 4 aromatic carbocycles. The quantitative estimate of drug-likeness (QED) is 0.0577. The van der Waals surface area contributed by atoms with E-state index in [1.807, 2.05) is 0 Å². The van der Waals surface area contributed by atoms with E-state index in [9.17, 15) is 9.59 Å². The zero-order valence-electron chi connectivity index (χ0n) is 48.7. The molecule has 6 fully saturated rings. The van der Waals surface area contributed by atoms with Gasteiger partial charge in [-0.05, 0) is 223 Å². The number of ether oxygens (including phenoxy) is 4. The van der Waals surface area contributed by atoms with Crippen molar-refractivity contribution in [2.45, 2.75) is 227 Å². The summed E-state index contributed by atoms with van der Waals surface area (Å²) in [6.45, 7) is 11.8. The van der Waals surface area contributed by atoms with Gasteiger partial charge < -0.3 is 18.9 Å². The van der Waals surface area contributed by atoms with E-state index in [1.54, 1.807) is 0 Å². The molecular weight excluding hydrogens is 1080 g/mol. The topological polar surface area (TPSA) is 71.1 Å². The lowest BCUT2D eigenvalue weighted by molar-refractivity contribution is -0.171. The molecule has 0 heterocycles. The minimum atomic E-state index is -0.973. The Hall–Kier alpha value is -3.42. The highest BCUT2D eigenvalue weighted by molar-refractivity contribution is 6.55. The predicted octanol–water partition coefficient (Wildman–Crippen LogP) is 20.4. The Balaban J connectivity index is 0.000000194. The lowest BCUT2D eigenvalue weighted by Gasteiger charge is -2.67. The Bertz CT molecular complexity index is 2410. The van der Waals surface area contributed by atoms with Gasteiger partial charge in [-0.2, -0.15) is 0 Å². The van der Waals surface area contributed by atoms with Gasteiger partial charge in [-0.1, -0.05) is 161 Å². The third-order valence-corrected chi connectivity index (χ3v) is 23.4. The number of hydrogen-bond acceptors (Lipinski definition) is 6. The van der Waals surface area contributed by atoms with Crippen LogP contribution in [0.3, 0.4) is 0 Å². The molecular formula is C70H92Cl4O6. The molecule has 0 bridgehead atoms. The minimum Gasteiger partial charge on any atom is -0.494 e. The van der Waals surface area contributed by atoms with Crippen LogP contribution in [-0.2, 0) is 9.59 Å². The van der Waals surface area contributed by atoms with Crippen LogP contribution in [0.15, 0.2) is 97.1 Å². The van der Waals surface area contributed by atoms with Crippen LogP contribution >= 0.6 is 46.4 Å². The first-order valence-corrected chi connectivity index (χ1v) is 33.0. The normalized spacial score (nSPS) is 29.4. The van der Waals surface area contributed by atoms with Gasteiger partial charge in [-0.25, -0.2) is 0 Å². The van der Waals surface area contributed by atoms with Crippen LogP contribution in [0.4, 0.5) is 0 Å². The second-order valence-corrected chi connectivity index (χ2v) is 27.7. The lowest BCUT2D eigenvalue weighted by Crippen LogP contribution is -2.74. The van der Waals surface area contributed by atoms with Crippen LogP contribution in [0.2, 0.25) is 0 Å². The van der Waals surface area contributed by atoms with Crippen molar-refractivity contribution in [3.63, 3.8) is 0 Å². The van der Waals surface area contributed by atoms with Gasteiger partial charge in [-0.3, -0.25) is 9.59 Å². The molecule has 0 radical (unpaired) electrons. The second kappa shape index (κ2) is 27.1. The average Bonchev–Trinajstić information content (AvgIpc) is 3.69. The van der Waals surface area contributed by atoms with Crippen LogP contribution in [0.25, 0.3) is 0 Å². The number of halogens is 4. The van der Waals surface area contributed by atoms with Gasteiger partial charge in [-0.15, -0.1) is 0 Å². The van der Waals surface area contributed by atoms with E-state index in [0.29, 0.717) is 35.2 Å². The first kappa shape index (κ1) is 61.1. The van der Waals surface area contributed by atoms with Crippen molar-refractivity contribution in [1.29, 1.82) is 0 Å². The van der Waals surface area contributed by atoms with Gasteiger partial charge in [0.25, 0.3) is 0 Å². The van der Waals surface area contributed by atoms with Crippen molar-refractivity contribution in [3.05, 3.63) is 119 Å². The highest BCUT2D eigenvalue weighted by Crippen LogP contribution is 2.76. The van der Waals surface area contributed by atoms with E-state index < -0.39 is 30.3 Å². The van der Waals surface area contributed by atoms with E-state index in [0.717, 1.165) is 191 Å². The highest BCUT2D eigenvalue weighted by Gasteiger charge is 2.80. The number of unbranched alkanes of at least 4 members (excludes halogenated alkanes) is 6. The number of alkyl halides is 4. The maximum absolute atomic E-state index is 14.0. The van der Waals surface area contributed by atoms with Crippen LogP contribution in [-0.4, -0.2) is 46.7 Å². The van der Waals surface area contributed by atoms with Gasteiger partial charge >= 0.3 is 0 Å². The van der Waals surface area contributed by atoms with Gasteiger partial charge in [0, 0.05) is 0 Å². The van der Waals surface area contributed by atoms with Crippen molar-refractivity contribution >= 4 is 58.0 Å². The maximum Gasteiger partial charge on any atom is 0.151 e. The number of carbonyl (C=O) groups is 2. The van der Waals surface area contributed by atoms with Crippen molar-refractivity contribution in [3.8, 4) is 23.0 Å². The third-order valence-electron chi connectivity index (χ3n) is 20.5. The first-order chi connectivity index (χ1) is 38.7. The van der Waals surface area contributed by atoms with Crippen molar-refractivity contribution in [1.82, 2.24) is 0 Å². The number of rotatable bonds is 22. The molecule has 10 heteroatoms. The van der Waals surface area contributed by atoms with Crippen molar-refractivity contribution in [2.24, 2.45) is 21.7 Å². The van der Waals surface area contributed by atoms with Gasteiger partial charge in [0.2, 0.25) is 0 Å². The standard InChI is InChI=1S/C36H48Cl2O3.C34H44Cl2O3/c1-3-5-7-25-40-31-13-9-27(10-14-31)29-17-21-34(22-18-29)33(39)35(36(34,37)38)23-19-30(20-24-35)28-11-15-32(16-12-28)41-26-8-6-4-2;1-3-5-23-38-29-11-7-25(8-12-29)27-15-19-32(20-16-27)31(37)33(34(32,35)36)21-17-28(18-22-33)26-9-13-30(14-10-26)39-24-6-4-2/h9-16,29-30H,3-8,17-26H2,1-2H3;7-14,27-28H,3-6,15-24H2,1-2H3. The molecule has 10 rings (SSSR count). The summed E-state index contributed by atoms with van der Waals surface area (Å²) in [5.41, 5.74) is 2.97. The fourth-order valence-electron chi connectivity index (χ4n) is 15.3. The molecule has 6 nitrogen and oxygen atoms in total. The molecule has 0 amide bonds. The van der Waals surface area contributed by atoms with E-state index >= 15 is 0 Å². The minimum absolute atomic E-state index is 0.344. The summed E-state index contributed by atoms with van der Waals surface area (Å²) in [6, 6.07) is 34.2. The van der Waals surface area contributed by atoms with Crippen LogP contribution in [0.5, 0.6) is 23.0 Å². The smallest absolute Gasteiger partial charge is 0.151 e. The van der Waals surface area contributed by atoms with Gasteiger partial charge in [0.15, 0.2) is 11.6 Å². The average molecular weight is 1170 g/mol. The Kier molecular flexibility index (Phi) is 20.7. The number of Topliss-reactive ketones (excluding diaryl/α,β-unsaturated/α-hetero) is 2. The Labute approximate surface area is 500 Å². The van der Waals surface area contributed by atoms with Crippen LogP contribution < -0.4 is 18.9 Å². The summed E-state index contributed by atoms with van der Waals surface area (Å²) in [5, 5.41) is 0. The SMILES string of the molecule is CCCCCOc1ccc(C2CCC3(CC2)C(=O)C2(CCC(c4ccc(OCCCCC)cc4)CC2)C3(Cl)Cl)cc1.CCCCOc1ccc(C2CCC3(CC2)C(=O)C2(CCC(c4ccc(OCCCC)cc4)CC2)C3(Cl)Cl)cc1. The van der Waals surface area contributed by atoms with Crippen molar-refractivity contribution in [2.75, 3.05) is 26.4 Å².